The van der Waals surface area contributed by atoms with E-state index in [2.05, 4.69) is 27.4 Å². The molecule has 0 aliphatic rings. The Morgan fingerprint density at radius 1 is 1.47 bits per heavy atom. The number of anilines is 1. The first-order valence-corrected chi connectivity index (χ1v) is 5.63. The predicted octanol–water partition coefficient (Wildman–Crippen LogP) is 1.45. The van der Waals surface area contributed by atoms with E-state index in [1.165, 1.54) is 0 Å². The summed E-state index contributed by atoms with van der Waals surface area (Å²) in [5.74, 6) is 0.989. The average Bonchev–Trinajstić information content (AvgIpc) is 2.84. The van der Waals surface area contributed by atoms with Gasteiger partial charge in [0.25, 0.3) is 0 Å². The summed E-state index contributed by atoms with van der Waals surface area (Å²) < 4.78 is 1.98. The van der Waals surface area contributed by atoms with Crippen molar-refractivity contribution in [2.24, 2.45) is 7.05 Å². The third-order valence-corrected chi connectivity index (χ3v) is 3.11. The van der Waals surface area contributed by atoms with Crippen molar-refractivity contribution in [1.29, 1.82) is 0 Å². The molecule has 0 aliphatic carbocycles. The highest BCUT2D eigenvalue weighted by molar-refractivity contribution is 7.15. The van der Waals surface area contributed by atoms with Crippen molar-refractivity contribution in [3.8, 4) is 0 Å². The van der Waals surface area contributed by atoms with Gasteiger partial charge in [0.15, 0.2) is 0 Å². The van der Waals surface area contributed by atoms with Gasteiger partial charge in [-0.2, -0.15) is 0 Å². The third-order valence-electron chi connectivity index (χ3n) is 2.09. The van der Waals surface area contributed by atoms with Gasteiger partial charge in [-0.1, -0.05) is 18.3 Å². The molecule has 0 saturated heterocycles. The molecule has 0 atom stereocenters. The minimum atomic E-state index is 0.682. The van der Waals surface area contributed by atoms with Crippen LogP contribution in [0.2, 0.25) is 0 Å². The molecule has 6 heteroatoms. The Bertz CT molecular complexity index is 433. The summed E-state index contributed by atoms with van der Waals surface area (Å²) in [6.07, 6.45) is 4.64. The normalized spacial score (nSPS) is 10.5. The van der Waals surface area contributed by atoms with Crippen molar-refractivity contribution < 1.29 is 0 Å². The molecule has 0 aliphatic heterocycles. The van der Waals surface area contributed by atoms with Crippen LogP contribution in [0.5, 0.6) is 0 Å². The lowest BCUT2D eigenvalue weighted by atomic mass is 10.5. The zero-order valence-corrected chi connectivity index (χ0v) is 9.58. The molecule has 5 nitrogen and oxygen atoms in total. The summed E-state index contributed by atoms with van der Waals surface area (Å²) in [6.45, 7) is 2.75. The summed E-state index contributed by atoms with van der Waals surface area (Å²) in [7, 11) is 1.97. The van der Waals surface area contributed by atoms with Crippen molar-refractivity contribution in [3.05, 3.63) is 23.2 Å². The van der Waals surface area contributed by atoms with E-state index < -0.39 is 0 Å². The molecule has 15 heavy (non-hydrogen) atoms. The van der Waals surface area contributed by atoms with Crippen LogP contribution in [0.25, 0.3) is 0 Å². The highest BCUT2D eigenvalue weighted by Gasteiger charge is 2.03. The summed E-state index contributed by atoms with van der Waals surface area (Å²) in [4.78, 5) is 4.21. The van der Waals surface area contributed by atoms with Gasteiger partial charge >= 0.3 is 0 Å². The molecule has 2 aromatic heterocycles. The number of rotatable bonds is 4. The number of hydrogen-bond acceptors (Lipinski definition) is 5. The second-order valence-corrected chi connectivity index (χ2v) is 4.22. The summed E-state index contributed by atoms with van der Waals surface area (Å²) in [5, 5.41) is 13.2. The fourth-order valence-electron chi connectivity index (χ4n) is 1.19. The first-order chi connectivity index (χ1) is 7.29. The lowest BCUT2D eigenvalue weighted by molar-refractivity contribution is 0.810. The first kappa shape index (κ1) is 10.1. The Hall–Kier alpha value is -1.43. The maximum Gasteiger partial charge on any atom is 0.206 e. The smallest absolute Gasteiger partial charge is 0.206 e. The van der Waals surface area contributed by atoms with Crippen molar-refractivity contribution >= 4 is 16.5 Å². The fourth-order valence-corrected chi connectivity index (χ4v) is 1.86. The van der Waals surface area contributed by atoms with Crippen LogP contribution in [-0.4, -0.2) is 19.7 Å². The molecule has 0 spiro atoms. The largest absolute Gasteiger partial charge is 0.353 e. The van der Waals surface area contributed by atoms with Crippen molar-refractivity contribution in [1.82, 2.24) is 19.7 Å². The molecule has 0 unspecified atom stereocenters. The number of nitrogens with one attached hydrogen (secondary N) is 1. The fraction of sp³-hybridized carbons (Fsp3) is 0.444. The number of hydrogen-bond donors (Lipinski definition) is 1. The molecule has 0 fully saturated rings. The number of imidazole rings is 1. The molecule has 2 rings (SSSR count). The van der Waals surface area contributed by atoms with Crippen LogP contribution in [0.1, 0.15) is 17.8 Å². The van der Waals surface area contributed by atoms with E-state index in [0.29, 0.717) is 6.54 Å². The Balaban J connectivity index is 1.96. The first-order valence-electron chi connectivity index (χ1n) is 4.82. The number of aryl methyl sites for hydroxylation is 2. The van der Waals surface area contributed by atoms with Crippen LogP contribution >= 0.6 is 11.3 Å². The Labute approximate surface area is 92.2 Å². The third kappa shape index (κ3) is 2.33. The summed E-state index contributed by atoms with van der Waals surface area (Å²) in [5.41, 5.74) is 0. The van der Waals surface area contributed by atoms with Crippen LogP contribution in [0.4, 0.5) is 5.13 Å². The zero-order chi connectivity index (χ0) is 10.7. The van der Waals surface area contributed by atoms with Gasteiger partial charge in [-0.25, -0.2) is 4.98 Å². The molecular weight excluding hydrogens is 210 g/mol. The van der Waals surface area contributed by atoms with Gasteiger partial charge in [-0.15, -0.1) is 10.2 Å². The summed E-state index contributed by atoms with van der Waals surface area (Å²) in [6, 6.07) is 0. The SMILES string of the molecule is CCc1nnc(NCc2nccn2C)s1. The van der Waals surface area contributed by atoms with Gasteiger partial charge in [-0.3, -0.25) is 0 Å². The molecule has 0 amide bonds. The Kier molecular flexibility index (Phi) is 2.96. The molecule has 0 bridgehead atoms. The van der Waals surface area contributed by atoms with Gasteiger partial charge in [0.1, 0.15) is 10.8 Å². The highest BCUT2D eigenvalue weighted by atomic mass is 32.1. The maximum atomic E-state index is 4.21. The van der Waals surface area contributed by atoms with Gasteiger partial charge in [-0.05, 0) is 6.42 Å². The van der Waals surface area contributed by atoms with E-state index in [9.17, 15) is 0 Å². The van der Waals surface area contributed by atoms with Crippen LogP contribution in [0, 0.1) is 0 Å². The topological polar surface area (TPSA) is 55.6 Å². The molecule has 1 N–H and O–H groups in total. The molecule has 80 valence electrons. The van der Waals surface area contributed by atoms with E-state index >= 15 is 0 Å². The van der Waals surface area contributed by atoms with Crippen molar-refractivity contribution in [2.75, 3.05) is 5.32 Å². The zero-order valence-electron chi connectivity index (χ0n) is 8.77. The molecule has 0 aromatic carbocycles. The Morgan fingerprint density at radius 2 is 2.33 bits per heavy atom. The van der Waals surface area contributed by atoms with E-state index in [0.717, 1.165) is 22.4 Å². The lowest BCUT2D eigenvalue weighted by Crippen LogP contribution is -2.05. The quantitative estimate of drug-likeness (QED) is 0.852. The minimum Gasteiger partial charge on any atom is -0.353 e. The van der Waals surface area contributed by atoms with E-state index in [-0.39, 0.29) is 0 Å². The maximum absolute atomic E-state index is 4.21. The van der Waals surface area contributed by atoms with Gasteiger partial charge in [0, 0.05) is 19.4 Å². The van der Waals surface area contributed by atoms with Crippen LogP contribution in [0.15, 0.2) is 12.4 Å². The van der Waals surface area contributed by atoms with Crippen LogP contribution in [0.3, 0.4) is 0 Å². The van der Waals surface area contributed by atoms with Gasteiger partial charge in [0.05, 0.1) is 6.54 Å². The van der Waals surface area contributed by atoms with E-state index in [1.807, 2.05) is 17.8 Å². The van der Waals surface area contributed by atoms with Crippen LogP contribution < -0.4 is 5.32 Å². The molecule has 0 radical (unpaired) electrons. The van der Waals surface area contributed by atoms with Crippen LogP contribution in [-0.2, 0) is 20.0 Å². The van der Waals surface area contributed by atoms with Crippen molar-refractivity contribution in [2.45, 2.75) is 19.9 Å². The standard InChI is InChI=1S/C9H13N5S/c1-3-8-12-13-9(15-8)11-6-7-10-4-5-14(7)2/h4-5H,3,6H2,1-2H3,(H,11,13). The van der Waals surface area contributed by atoms with Gasteiger partial charge < -0.3 is 9.88 Å². The second kappa shape index (κ2) is 4.39. The summed E-state index contributed by atoms with van der Waals surface area (Å²) >= 11 is 1.59. The minimum absolute atomic E-state index is 0.682. The van der Waals surface area contributed by atoms with Gasteiger partial charge in [0.2, 0.25) is 5.13 Å². The monoisotopic (exact) mass is 223 g/mol. The van der Waals surface area contributed by atoms with E-state index in [4.69, 9.17) is 0 Å². The highest BCUT2D eigenvalue weighted by Crippen LogP contribution is 2.15. The average molecular weight is 223 g/mol. The molecule has 2 aromatic rings. The second-order valence-electron chi connectivity index (χ2n) is 3.16. The predicted molar refractivity (Wildman–Crippen MR) is 59.8 cm³/mol. The molecule has 2 heterocycles. The van der Waals surface area contributed by atoms with Crippen molar-refractivity contribution in [3.63, 3.8) is 0 Å². The lowest BCUT2D eigenvalue weighted by Gasteiger charge is -2.01. The number of nitrogens with zero attached hydrogens (tertiary/aromatic N) is 4. The Morgan fingerprint density at radius 3 is 2.93 bits per heavy atom. The molecular formula is C9H13N5S. The number of aromatic nitrogens is 4. The molecule has 0 saturated carbocycles. The van der Waals surface area contributed by atoms with E-state index in [1.54, 1.807) is 17.5 Å².